The minimum atomic E-state index is -0.943. The molecule has 0 saturated carbocycles. The molecule has 94 valence electrons. The van der Waals surface area contributed by atoms with E-state index in [4.69, 9.17) is 5.11 Å². The SMILES string of the molecule is CC(C)c1nn(-c2ccc(Br)cc2)cc1C(=O)O. The van der Waals surface area contributed by atoms with Gasteiger partial charge in [0.05, 0.1) is 11.4 Å². The van der Waals surface area contributed by atoms with Crippen molar-refractivity contribution in [3.63, 3.8) is 0 Å². The zero-order chi connectivity index (χ0) is 13.3. The first-order valence-electron chi connectivity index (χ1n) is 5.58. The second kappa shape index (κ2) is 4.94. The Morgan fingerprint density at radius 2 is 1.94 bits per heavy atom. The van der Waals surface area contributed by atoms with Crippen molar-refractivity contribution in [2.24, 2.45) is 0 Å². The summed E-state index contributed by atoms with van der Waals surface area (Å²) in [6, 6.07) is 7.55. The van der Waals surface area contributed by atoms with Gasteiger partial charge in [-0.25, -0.2) is 9.48 Å². The van der Waals surface area contributed by atoms with Gasteiger partial charge in [0.1, 0.15) is 5.56 Å². The first kappa shape index (κ1) is 12.8. The summed E-state index contributed by atoms with van der Waals surface area (Å²) in [7, 11) is 0. The summed E-state index contributed by atoms with van der Waals surface area (Å²) in [5, 5.41) is 13.5. The lowest BCUT2D eigenvalue weighted by Gasteiger charge is -2.02. The molecular formula is C13H13BrN2O2. The lowest BCUT2D eigenvalue weighted by molar-refractivity contribution is 0.0695. The fraction of sp³-hybridized carbons (Fsp3) is 0.231. The standard InChI is InChI=1S/C13H13BrN2O2/c1-8(2)12-11(13(17)18)7-16(15-12)10-5-3-9(14)4-6-10/h3-8H,1-2H3,(H,17,18). The number of aromatic nitrogens is 2. The molecule has 18 heavy (non-hydrogen) atoms. The van der Waals surface area contributed by atoms with Crippen molar-refractivity contribution in [1.29, 1.82) is 0 Å². The van der Waals surface area contributed by atoms with E-state index >= 15 is 0 Å². The molecule has 1 aromatic carbocycles. The molecule has 0 bridgehead atoms. The minimum Gasteiger partial charge on any atom is -0.478 e. The van der Waals surface area contributed by atoms with Crippen LogP contribution in [0.3, 0.4) is 0 Å². The minimum absolute atomic E-state index is 0.0767. The molecule has 0 unspecified atom stereocenters. The Kier molecular flexibility index (Phi) is 3.52. The molecule has 1 heterocycles. The van der Waals surface area contributed by atoms with Crippen molar-refractivity contribution in [2.75, 3.05) is 0 Å². The Balaban J connectivity index is 2.49. The average molecular weight is 309 g/mol. The highest BCUT2D eigenvalue weighted by atomic mass is 79.9. The molecule has 1 N–H and O–H groups in total. The van der Waals surface area contributed by atoms with Gasteiger partial charge in [0, 0.05) is 10.7 Å². The average Bonchev–Trinajstić information content (AvgIpc) is 2.75. The van der Waals surface area contributed by atoms with Crippen molar-refractivity contribution in [2.45, 2.75) is 19.8 Å². The highest BCUT2D eigenvalue weighted by Crippen LogP contribution is 2.20. The van der Waals surface area contributed by atoms with Gasteiger partial charge in [0.25, 0.3) is 0 Å². The van der Waals surface area contributed by atoms with Gasteiger partial charge in [-0.2, -0.15) is 5.10 Å². The van der Waals surface area contributed by atoms with Crippen LogP contribution in [0.15, 0.2) is 34.9 Å². The summed E-state index contributed by atoms with van der Waals surface area (Å²) in [6.07, 6.45) is 1.56. The van der Waals surface area contributed by atoms with Crippen molar-refractivity contribution in [3.05, 3.63) is 46.2 Å². The molecule has 0 atom stereocenters. The molecule has 0 aliphatic heterocycles. The van der Waals surface area contributed by atoms with Crippen LogP contribution in [0.2, 0.25) is 0 Å². The lowest BCUT2D eigenvalue weighted by Crippen LogP contribution is -2.01. The van der Waals surface area contributed by atoms with Crippen LogP contribution in [-0.2, 0) is 0 Å². The first-order chi connectivity index (χ1) is 8.49. The van der Waals surface area contributed by atoms with Gasteiger partial charge in [0.2, 0.25) is 0 Å². The number of carboxylic acid groups (broad SMARTS) is 1. The normalized spacial score (nSPS) is 10.9. The smallest absolute Gasteiger partial charge is 0.339 e. The van der Waals surface area contributed by atoms with Crippen molar-refractivity contribution in [1.82, 2.24) is 9.78 Å². The van der Waals surface area contributed by atoms with E-state index in [1.807, 2.05) is 38.1 Å². The Bertz CT molecular complexity index is 573. The van der Waals surface area contributed by atoms with Crippen LogP contribution in [0.25, 0.3) is 5.69 Å². The van der Waals surface area contributed by atoms with Crippen molar-refractivity contribution >= 4 is 21.9 Å². The van der Waals surface area contributed by atoms with Crippen LogP contribution in [-0.4, -0.2) is 20.9 Å². The third kappa shape index (κ3) is 2.46. The van der Waals surface area contributed by atoms with Gasteiger partial charge < -0.3 is 5.11 Å². The fourth-order valence-electron chi connectivity index (χ4n) is 1.70. The molecule has 2 aromatic rings. The van der Waals surface area contributed by atoms with Crippen molar-refractivity contribution < 1.29 is 9.90 Å². The molecule has 4 nitrogen and oxygen atoms in total. The molecule has 1 aromatic heterocycles. The topological polar surface area (TPSA) is 55.1 Å². The van der Waals surface area contributed by atoms with Gasteiger partial charge in [-0.1, -0.05) is 29.8 Å². The Morgan fingerprint density at radius 1 is 1.33 bits per heavy atom. The summed E-state index contributed by atoms with van der Waals surface area (Å²) >= 11 is 3.36. The van der Waals surface area contributed by atoms with Crippen LogP contribution in [0.5, 0.6) is 0 Å². The van der Waals surface area contributed by atoms with Crippen LogP contribution >= 0.6 is 15.9 Å². The van der Waals surface area contributed by atoms with Gasteiger partial charge in [-0.3, -0.25) is 0 Å². The van der Waals surface area contributed by atoms with E-state index in [-0.39, 0.29) is 11.5 Å². The molecule has 0 spiro atoms. The third-order valence-corrected chi connectivity index (χ3v) is 3.14. The van der Waals surface area contributed by atoms with E-state index in [2.05, 4.69) is 21.0 Å². The van der Waals surface area contributed by atoms with Crippen LogP contribution in [0.4, 0.5) is 0 Å². The number of aromatic carboxylic acids is 1. The second-order valence-corrected chi connectivity index (χ2v) is 5.22. The number of nitrogens with zero attached hydrogens (tertiary/aromatic N) is 2. The molecular weight excluding hydrogens is 296 g/mol. The summed E-state index contributed by atoms with van der Waals surface area (Å²) in [4.78, 5) is 11.2. The van der Waals surface area contributed by atoms with Gasteiger partial charge in [0.15, 0.2) is 0 Å². The number of hydrogen-bond donors (Lipinski definition) is 1. The van der Waals surface area contributed by atoms with Crippen molar-refractivity contribution in [3.8, 4) is 5.69 Å². The number of hydrogen-bond acceptors (Lipinski definition) is 2. The van der Waals surface area contributed by atoms with E-state index in [1.165, 1.54) is 0 Å². The predicted octanol–water partition coefficient (Wildman–Crippen LogP) is 3.46. The monoisotopic (exact) mass is 308 g/mol. The Labute approximate surface area is 113 Å². The molecule has 5 heteroatoms. The van der Waals surface area contributed by atoms with E-state index in [0.29, 0.717) is 5.69 Å². The first-order valence-corrected chi connectivity index (χ1v) is 6.37. The maximum Gasteiger partial charge on any atom is 0.339 e. The maximum atomic E-state index is 11.2. The second-order valence-electron chi connectivity index (χ2n) is 4.31. The van der Waals surface area contributed by atoms with Gasteiger partial charge in [-0.05, 0) is 30.2 Å². The summed E-state index contributed by atoms with van der Waals surface area (Å²) < 4.78 is 2.58. The predicted molar refractivity (Wildman–Crippen MR) is 72.3 cm³/mol. The summed E-state index contributed by atoms with van der Waals surface area (Å²) in [5.41, 5.74) is 1.70. The van der Waals surface area contributed by atoms with Crippen LogP contribution in [0.1, 0.15) is 35.8 Å². The largest absolute Gasteiger partial charge is 0.478 e. The molecule has 0 radical (unpaired) electrons. The van der Waals surface area contributed by atoms with Crippen LogP contribution < -0.4 is 0 Å². The molecule has 0 aliphatic rings. The maximum absolute atomic E-state index is 11.2. The number of halogens is 1. The highest BCUT2D eigenvalue weighted by Gasteiger charge is 2.18. The zero-order valence-corrected chi connectivity index (χ0v) is 11.7. The van der Waals surface area contributed by atoms with E-state index in [1.54, 1.807) is 10.9 Å². The number of rotatable bonds is 3. The molecule has 2 rings (SSSR count). The van der Waals surface area contributed by atoms with Gasteiger partial charge in [-0.15, -0.1) is 0 Å². The quantitative estimate of drug-likeness (QED) is 0.944. The van der Waals surface area contributed by atoms with Crippen LogP contribution in [0, 0.1) is 0 Å². The number of carbonyl (C=O) groups is 1. The number of carboxylic acids is 1. The zero-order valence-electron chi connectivity index (χ0n) is 10.1. The molecule has 0 fully saturated rings. The highest BCUT2D eigenvalue weighted by molar-refractivity contribution is 9.10. The Hall–Kier alpha value is -1.62. The molecule has 0 aliphatic carbocycles. The van der Waals surface area contributed by atoms with Gasteiger partial charge >= 0.3 is 5.97 Å². The van der Waals surface area contributed by atoms with E-state index < -0.39 is 5.97 Å². The lowest BCUT2D eigenvalue weighted by atomic mass is 10.1. The molecule has 0 saturated heterocycles. The molecule has 0 amide bonds. The van der Waals surface area contributed by atoms with E-state index in [9.17, 15) is 4.79 Å². The van der Waals surface area contributed by atoms with E-state index in [0.717, 1.165) is 10.2 Å². The fourth-order valence-corrected chi connectivity index (χ4v) is 1.97. The summed E-state index contributed by atoms with van der Waals surface area (Å²) in [6.45, 7) is 3.86. The Morgan fingerprint density at radius 3 is 2.39 bits per heavy atom. The third-order valence-electron chi connectivity index (χ3n) is 2.61. The number of benzene rings is 1. The summed E-state index contributed by atoms with van der Waals surface area (Å²) in [5.74, 6) is -0.866.